The molecule has 0 fully saturated rings. The first-order chi connectivity index (χ1) is 18.7. The molecule has 1 aliphatic rings. The summed E-state index contributed by atoms with van der Waals surface area (Å²) in [5, 5.41) is 9.28. The van der Waals surface area contributed by atoms with Crippen molar-refractivity contribution < 1.29 is 63.7 Å². The average Bonchev–Trinajstić information content (AvgIpc) is 2.81. The number of esters is 1. The van der Waals surface area contributed by atoms with Crippen molar-refractivity contribution in [2.45, 2.75) is 62.8 Å². The molecule has 1 heterocycles. The average molecular weight is 614 g/mol. The molecule has 9 nitrogen and oxygen atoms in total. The molecule has 1 aliphatic heterocycles. The van der Waals surface area contributed by atoms with E-state index in [-0.39, 0.29) is 23.4 Å². The molecule has 0 spiro atoms. The first-order valence-electron chi connectivity index (χ1n) is 11.9. The summed E-state index contributed by atoms with van der Waals surface area (Å²) in [6.07, 6.45) is -11.8. The Kier molecular flexibility index (Phi) is 8.77. The van der Waals surface area contributed by atoms with Crippen molar-refractivity contribution in [3.63, 3.8) is 0 Å². The van der Waals surface area contributed by atoms with Crippen LogP contribution in [0, 0.1) is 5.92 Å². The smallest absolute Gasteiger partial charge is 0.486 e. The van der Waals surface area contributed by atoms with E-state index < -0.39 is 75.7 Å². The molecule has 0 saturated heterocycles. The molecule has 0 aliphatic carbocycles. The molecule has 0 bridgehead atoms. The molecule has 0 unspecified atom stereocenters. The number of rotatable bonds is 9. The number of hydrogen-bond donors (Lipinski definition) is 1. The van der Waals surface area contributed by atoms with E-state index in [0.717, 1.165) is 28.6 Å². The Labute approximate surface area is 230 Å². The minimum absolute atomic E-state index is 0.0435. The van der Waals surface area contributed by atoms with Gasteiger partial charge in [-0.1, -0.05) is 19.1 Å². The molecule has 16 heteroatoms. The topological polar surface area (TPSA) is 119 Å². The summed E-state index contributed by atoms with van der Waals surface area (Å²) in [5.41, 5.74) is -2.93. The van der Waals surface area contributed by atoms with Crippen LogP contribution in [0.3, 0.4) is 0 Å². The number of carboxylic acid groups (broad SMARTS) is 1. The molecule has 1 N–H and O–H groups in total. The number of fused-ring (bicyclic) bond motifs is 1. The third-order valence-electron chi connectivity index (χ3n) is 6.02. The van der Waals surface area contributed by atoms with Crippen LogP contribution in [0.5, 0.6) is 11.5 Å². The number of halogens is 6. The van der Waals surface area contributed by atoms with Gasteiger partial charge in [-0.2, -0.15) is 13.2 Å². The number of anilines is 1. The van der Waals surface area contributed by atoms with Crippen molar-refractivity contribution in [3.8, 4) is 11.5 Å². The summed E-state index contributed by atoms with van der Waals surface area (Å²) in [4.78, 5) is 23.1. The second-order valence-corrected chi connectivity index (χ2v) is 11.6. The fraction of sp³-hybridized carbons (Fsp3) is 0.440. The number of carboxylic acids is 1. The van der Waals surface area contributed by atoms with Crippen molar-refractivity contribution in [1.29, 1.82) is 0 Å². The van der Waals surface area contributed by atoms with Crippen LogP contribution in [0.2, 0.25) is 0 Å². The van der Waals surface area contributed by atoms with E-state index in [4.69, 9.17) is 4.74 Å². The van der Waals surface area contributed by atoms with E-state index in [1.54, 1.807) is 0 Å². The van der Waals surface area contributed by atoms with Gasteiger partial charge in [0.2, 0.25) is 5.60 Å². The molecule has 226 valence electrons. The number of hydrogen-bond acceptors (Lipinski definition) is 7. The van der Waals surface area contributed by atoms with Gasteiger partial charge in [-0.15, -0.1) is 13.2 Å². The highest BCUT2D eigenvalue weighted by Gasteiger charge is 2.50. The predicted molar refractivity (Wildman–Crippen MR) is 130 cm³/mol. The number of aliphatic carboxylic acids is 1. The Balaban J connectivity index is 2.01. The second-order valence-electron chi connectivity index (χ2n) is 9.73. The largest absolute Gasteiger partial charge is 0.573 e. The zero-order valence-electron chi connectivity index (χ0n) is 21.7. The molecule has 2 aromatic carbocycles. The lowest BCUT2D eigenvalue weighted by Crippen LogP contribution is -2.44. The van der Waals surface area contributed by atoms with Crippen LogP contribution < -0.4 is 13.8 Å². The number of benzene rings is 2. The summed E-state index contributed by atoms with van der Waals surface area (Å²) in [6.45, 7) is 2.23. The van der Waals surface area contributed by atoms with Crippen molar-refractivity contribution in [1.82, 2.24) is 0 Å². The van der Waals surface area contributed by atoms with Crippen LogP contribution in [-0.4, -0.2) is 56.3 Å². The maximum absolute atomic E-state index is 13.7. The zero-order valence-corrected chi connectivity index (χ0v) is 22.6. The van der Waals surface area contributed by atoms with Gasteiger partial charge in [0.1, 0.15) is 17.6 Å². The quantitative estimate of drug-likeness (QED) is 0.307. The van der Waals surface area contributed by atoms with E-state index in [2.05, 4.69) is 9.47 Å². The summed E-state index contributed by atoms with van der Waals surface area (Å²) >= 11 is 0. The van der Waals surface area contributed by atoms with Gasteiger partial charge >= 0.3 is 24.5 Å². The van der Waals surface area contributed by atoms with E-state index in [1.807, 2.05) is 0 Å². The van der Waals surface area contributed by atoms with Crippen LogP contribution in [0.4, 0.5) is 32.0 Å². The molecule has 2 aromatic rings. The fourth-order valence-corrected chi connectivity index (χ4v) is 5.35. The number of nitrogens with zero attached hydrogens (tertiary/aromatic N) is 1. The van der Waals surface area contributed by atoms with Gasteiger partial charge in [0.15, 0.2) is 0 Å². The summed E-state index contributed by atoms with van der Waals surface area (Å²) in [7, 11) is -4.64. The van der Waals surface area contributed by atoms with Gasteiger partial charge in [-0.05, 0) is 50.1 Å². The van der Waals surface area contributed by atoms with E-state index in [9.17, 15) is 49.5 Å². The number of carbonyl (C=O) groups excluding carboxylic acids is 1. The lowest BCUT2D eigenvalue weighted by atomic mass is 10.0. The van der Waals surface area contributed by atoms with Crippen LogP contribution in [-0.2, 0) is 30.8 Å². The van der Waals surface area contributed by atoms with Crippen LogP contribution >= 0.6 is 0 Å². The van der Waals surface area contributed by atoms with Gasteiger partial charge in [-0.25, -0.2) is 8.42 Å². The molecule has 2 atom stereocenters. The highest BCUT2D eigenvalue weighted by atomic mass is 32.2. The van der Waals surface area contributed by atoms with Gasteiger partial charge in [0.05, 0.1) is 29.5 Å². The molecule has 0 radical (unpaired) electrons. The first kappa shape index (κ1) is 31.8. The maximum atomic E-state index is 13.7. The van der Waals surface area contributed by atoms with Crippen molar-refractivity contribution in [2.24, 2.45) is 5.92 Å². The normalized spacial score (nSPS) is 16.8. The van der Waals surface area contributed by atoms with E-state index in [1.165, 1.54) is 19.1 Å². The second kappa shape index (κ2) is 11.3. The lowest BCUT2D eigenvalue weighted by molar-refractivity contribution is -0.274. The molecular weight excluding hydrogens is 588 g/mol. The maximum Gasteiger partial charge on any atom is 0.573 e. The van der Waals surface area contributed by atoms with E-state index in [0.29, 0.717) is 19.9 Å². The fourth-order valence-electron chi connectivity index (χ4n) is 3.82. The van der Waals surface area contributed by atoms with Crippen molar-refractivity contribution in [2.75, 3.05) is 10.8 Å². The van der Waals surface area contributed by atoms with Gasteiger partial charge in [0.25, 0.3) is 10.0 Å². The zero-order chi connectivity index (χ0) is 31.0. The lowest BCUT2D eigenvalue weighted by Gasteiger charge is -2.36. The first-order valence-corrected chi connectivity index (χ1v) is 13.3. The van der Waals surface area contributed by atoms with Crippen molar-refractivity contribution in [3.05, 3.63) is 48.0 Å². The molecule has 3 rings (SSSR count). The van der Waals surface area contributed by atoms with Crippen LogP contribution in [0.1, 0.15) is 32.8 Å². The summed E-state index contributed by atoms with van der Waals surface area (Å²) in [5.74, 6) is -4.28. The minimum atomic E-state index is -5.10. The Morgan fingerprint density at radius 2 is 1.76 bits per heavy atom. The Morgan fingerprint density at radius 3 is 2.34 bits per heavy atom. The van der Waals surface area contributed by atoms with Gasteiger partial charge < -0.3 is 19.3 Å². The molecule has 0 aromatic heterocycles. The summed E-state index contributed by atoms with van der Waals surface area (Å²) in [6, 6.07) is 7.26. The van der Waals surface area contributed by atoms with Crippen molar-refractivity contribution >= 4 is 27.6 Å². The van der Waals surface area contributed by atoms with Crippen LogP contribution in [0.15, 0.2) is 47.4 Å². The number of carbonyl (C=O) groups is 2. The standard InChI is InChI=1S/C25H25F6NO8S/c1-14(22(34)35)9-17-13-32(41(36,37)18-6-4-5-16(12-18)39-25(29,30)31)19-10-15(7-8-20(19)38-17)11-21(33)40-23(2,3)24(26,27)28/h4-8,10,12,14,17H,9,11,13H2,1-3H3,(H,34,35)/t14-,17+/m1/s1. The number of sulfonamides is 1. The molecule has 0 amide bonds. The van der Waals surface area contributed by atoms with Crippen LogP contribution in [0.25, 0.3) is 0 Å². The highest BCUT2D eigenvalue weighted by Crippen LogP contribution is 2.40. The Bertz CT molecular complexity index is 1410. The highest BCUT2D eigenvalue weighted by molar-refractivity contribution is 7.92. The minimum Gasteiger partial charge on any atom is -0.486 e. The summed E-state index contributed by atoms with van der Waals surface area (Å²) < 4.78 is 120. The van der Waals surface area contributed by atoms with Gasteiger partial charge in [-0.3, -0.25) is 13.9 Å². The number of ether oxygens (including phenoxy) is 3. The third kappa shape index (κ3) is 7.74. The van der Waals surface area contributed by atoms with E-state index >= 15 is 0 Å². The third-order valence-corrected chi connectivity index (χ3v) is 7.80. The molecule has 41 heavy (non-hydrogen) atoms. The Hall–Kier alpha value is -3.69. The molecular formula is C25H25F6NO8S. The monoisotopic (exact) mass is 613 g/mol. The predicted octanol–water partition coefficient (Wildman–Crippen LogP) is 5.08. The van der Waals surface area contributed by atoms with Gasteiger partial charge in [0, 0.05) is 6.07 Å². The number of alkyl halides is 6. The molecule has 0 saturated carbocycles. The Morgan fingerprint density at radius 1 is 1.10 bits per heavy atom. The SMILES string of the molecule is C[C@H](C[C@H]1CN(S(=O)(=O)c2cccc(OC(F)(F)F)c2)c2cc(CC(=O)OC(C)(C)C(F)(F)F)ccc2O1)C(=O)O.